The third-order valence-corrected chi connectivity index (χ3v) is 4.45. The zero-order chi connectivity index (χ0) is 14.3. The monoisotopic (exact) mass is 303 g/mol. The summed E-state index contributed by atoms with van der Waals surface area (Å²) >= 11 is 7.27. The number of aromatic nitrogens is 2. The molecule has 0 aliphatic heterocycles. The number of fused-ring (bicyclic) bond motifs is 1. The van der Waals surface area contributed by atoms with E-state index in [1.807, 2.05) is 13.0 Å². The van der Waals surface area contributed by atoms with Crippen molar-refractivity contribution >= 4 is 39.1 Å². The van der Waals surface area contributed by atoms with Crippen LogP contribution in [0.5, 0.6) is 0 Å². The van der Waals surface area contributed by atoms with Crippen molar-refractivity contribution in [3.63, 3.8) is 0 Å². The Kier molecular flexibility index (Phi) is 3.13. The Morgan fingerprint density at radius 1 is 1.45 bits per heavy atom. The first-order valence-electron chi connectivity index (χ1n) is 5.91. The van der Waals surface area contributed by atoms with E-state index in [1.165, 1.54) is 11.3 Å². The van der Waals surface area contributed by atoms with Crippen molar-refractivity contribution < 1.29 is 0 Å². The second-order valence-electron chi connectivity index (χ2n) is 4.41. The van der Waals surface area contributed by atoms with E-state index in [4.69, 9.17) is 17.3 Å². The van der Waals surface area contributed by atoms with E-state index in [0.717, 1.165) is 16.0 Å². The number of hydrogen-bond donors (Lipinski definition) is 2. The van der Waals surface area contributed by atoms with Crippen LogP contribution in [-0.4, -0.2) is 9.97 Å². The first-order chi connectivity index (χ1) is 9.54. The van der Waals surface area contributed by atoms with Crippen LogP contribution in [0, 0.1) is 19.1 Å². The highest BCUT2D eigenvalue weighted by Gasteiger charge is 2.13. The fourth-order valence-electron chi connectivity index (χ4n) is 2.05. The average Bonchev–Trinajstić information content (AvgIpc) is 2.69. The number of halogens is 1. The van der Waals surface area contributed by atoms with Gasteiger partial charge in [-0.05, 0) is 30.7 Å². The molecule has 0 saturated carbocycles. The van der Waals surface area contributed by atoms with E-state index in [2.05, 4.69) is 22.1 Å². The van der Waals surface area contributed by atoms with Gasteiger partial charge in [-0.15, -0.1) is 11.3 Å². The minimum absolute atomic E-state index is 0.140. The topological polar surface area (TPSA) is 71.8 Å². The predicted molar refractivity (Wildman–Crippen MR) is 81.3 cm³/mol. The molecule has 2 aromatic heterocycles. The molecule has 0 atom stereocenters. The molecular weight excluding hydrogens is 294 g/mol. The van der Waals surface area contributed by atoms with Gasteiger partial charge in [-0.2, -0.15) is 0 Å². The highest BCUT2D eigenvalue weighted by atomic mass is 35.5. The van der Waals surface area contributed by atoms with Gasteiger partial charge in [0.15, 0.2) is 0 Å². The fraction of sp³-hybridized carbons (Fsp3) is 0.143. The largest absolute Gasteiger partial charge is 0.369 e. The Balaban J connectivity index is 2.08. The fourth-order valence-corrected chi connectivity index (χ4v) is 3.37. The summed E-state index contributed by atoms with van der Waals surface area (Å²) in [6.45, 7) is 1.92. The van der Waals surface area contributed by atoms with Gasteiger partial charge in [0.25, 0.3) is 5.56 Å². The van der Waals surface area contributed by atoms with Gasteiger partial charge < -0.3 is 5.73 Å². The molecule has 0 unspecified atom stereocenters. The molecule has 4 nitrogen and oxygen atoms in total. The van der Waals surface area contributed by atoms with Gasteiger partial charge in [0.1, 0.15) is 4.83 Å². The van der Waals surface area contributed by atoms with Crippen LogP contribution < -0.4 is 11.3 Å². The first-order valence-corrected chi connectivity index (χ1v) is 7.10. The Morgan fingerprint density at radius 2 is 2.25 bits per heavy atom. The summed E-state index contributed by atoms with van der Waals surface area (Å²) in [6.07, 6.45) is 0.667. The number of hydrogen-bond acceptors (Lipinski definition) is 4. The number of nitrogens with two attached hydrogens (primary N) is 1. The van der Waals surface area contributed by atoms with Gasteiger partial charge in [0, 0.05) is 16.9 Å². The lowest BCUT2D eigenvalue weighted by Crippen LogP contribution is -2.10. The maximum absolute atomic E-state index is 11.9. The van der Waals surface area contributed by atoms with E-state index in [9.17, 15) is 4.79 Å². The summed E-state index contributed by atoms with van der Waals surface area (Å²) in [6, 6.07) is 9.51. The van der Waals surface area contributed by atoms with E-state index < -0.39 is 0 Å². The Labute approximate surface area is 124 Å². The van der Waals surface area contributed by atoms with E-state index in [-0.39, 0.29) is 11.5 Å². The molecule has 0 aliphatic carbocycles. The zero-order valence-corrected chi connectivity index (χ0v) is 12.2. The number of rotatable bonds is 2. The molecule has 100 valence electrons. The molecule has 0 saturated heterocycles. The van der Waals surface area contributed by atoms with Crippen molar-refractivity contribution in [2.24, 2.45) is 0 Å². The Hall–Kier alpha value is -2.03. The number of nitrogens with zero attached hydrogens (tertiary/aromatic N) is 1. The van der Waals surface area contributed by atoms with E-state index in [0.29, 0.717) is 21.7 Å². The van der Waals surface area contributed by atoms with Crippen molar-refractivity contribution in [2.75, 3.05) is 5.73 Å². The lowest BCUT2D eigenvalue weighted by Gasteiger charge is -1.97. The van der Waals surface area contributed by atoms with Crippen molar-refractivity contribution in [2.45, 2.75) is 13.3 Å². The number of nitrogens with one attached hydrogen (secondary N) is 1. The zero-order valence-electron chi connectivity index (χ0n) is 10.6. The molecule has 3 aromatic rings. The summed E-state index contributed by atoms with van der Waals surface area (Å²) in [4.78, 5) is 20.4. The number of thiophene rings is 1. The van der Waals surface area contributed by atoms with Crippen molar-refractivity contribution in [1.82, 2.24) is 9.97 Å². The lowest BCUT2D eigenvalue weighted by atomic mass is 10.1. The molecule has 2 heterocycles. The minimum atomic E-state index is -0.195. The van der Waals surface area contributed by atoms with Crippen LogP contribution in [0.25, 0.3) is 10.2 Å². The molecule has 3 rings (SSSR count). The van der Waals surface area contributed by atoms with Crippen LogP contribution in [0.15, 0.2) is 16.9 Å². The molecule has 0 bridgehead atoms. The van der Waals surface area contributed by atoms with Crippen LogP contribution in [0.4, 0.5) is 5.95 Å². The number of aromatic amines is 1. The van der Waals surface area contributed by atoms with E-state index >= 15 is 0 Å². The quantitative estimate of drug-likeness (QED) is 0.764. The standard InChI is InChI=1S/C14H10ClN3OS/c1-7-10(6-8-2-4-9(15)5-3-8)20-13-11(7)12(19)17-14(16)18-13/h2,4H,6H2,1H3,(H3,16,17,18,19). The molecule has 0 aliphatic rings. The van der Waals surface area contributed by atoms with Crippen molar-refractivity contribution in [3.05, 3.63) is 55.6 Å². The van der Waals surface area contributed by atoms with Gasteiger partial charge in [0.05, 0.1) is 10.4 Å². The highest BCUT2D eigenvalue weighted by Crippen LogP contribution is 2.28. The number of aryl methyl sites for hydroxylation is 1. The first kappa shape index (κ1) is 13.0. The predicted octanol–water partition coefficient (Wildman–Crippen LogP) is 2.72. The summed E-state index contributed by atoms with van der Waals surface area (Å²) in [5, 5.41) is 1.14. The SMILES string of the molecule is Cc1c(Cc2c#cc(Cl)cc2)sc2nc(N)[nH]c(=O)c12. The lowest BCUT2D eigenvalue weighted by molar-refractivity contribution is 1.18. The van der Waals surface area contributed by atoms with E-state index in [1.54, 1.807) is 6.07 Å². The van der Waals surface area contributed by atoms with Crippen LogP contribution in [0.3, 0.4) is 0 Å². The summed E-state index contributed by atoms with van der Waals surface area (Å²) in [7, 11) is 0. The van der Waals surface area contributed by atoms with Gasteiger partial charge in [-0.1, -0.05) is 17.7 Å². The molecule has 3 N–H and O–H groups in total. The second-order valence-corrected chi connectivity index (χ2v) is 5.91. The average molecular weight is 304 g/mol. The molecule has 0 radical (unpaired) electrons. The molecule has 0 spiro atoms. The molecule has 6 heteroatoms. The maximum Gasteiger partial charge on any atom is 0.261 e. The minimum Gasteiger partial charge on any atom is -0.369 e. The molecule has 20 heavy (non-hydrogen) atoms. The summed E-state index contributed by atoms with van der Waals surface area (Å²) < 4.78 is 0. The molecule has 1 aromatic carbocycles. The normalized spacial score (nSPS) is 10.7. The van der Waals surface area contributed by atoms with Crippen LogP contribution in [0.2, 0.25) is 5.02 Å². The van der Waals surface area contributed by atoms with Gasteiger partial charge in [0.2, 0.25) is 5.95 Å². The summed E-state index contributed by atoms with van der Waals surface area (Å²) in [5.74, 6) is 0.140. The van der Waals surface area contributed by atoms with Crippen molar-refractivity contribution in [3.8, 4) is 0 Å². The molecular formula is C14H10ClN3OS. The van der Waals surface area contributed by atoms with Crippen LogP contribution >= 0.6 is 22.9 Å². The summed E-state index contributed by atoms with van der Waals surface area (Å²) in [5.41, 5.74) is 7.27. The van der Waals surface area contributed by atoms with Crippen molar-refractivity contribution in [1.29, 1.82) is 0 Å². The third kappa shape index (κ3) is 2.24. The smallest absolute Gasteiger partial charge is 0.261 e. The van der Waals surface area contributed by atoms with Gasteiger partial charge in [-0.3, -0.25) is 9.78 Å². The van der Waals surface area contributed by atoms with Crippen LogP contribution in [0.1, 0.15) is 16.0 Å². The number of H-pyrrole nitrogens is 1. The van der Waals surface area contributed by atoms with Crippen LogP contribution in [-0.2, 0) is 6.42 Å². The second kappa shape index (κ2) is 4.82. The Morgan fingerprint density at radius 3 is 2.95 bits per heavy atom. The molecule has 0 fully saturated rings. The van der Waals surface area contributed by atoms with Gasteiger partial charge in [-0.25, -0.2) is 4.98 Å². The maximum atomic E-state index is 11.9. The van der Waals surface area contributed by atoms with Gasteiger partial charge >= 0.3 is 0 Å². The number of nitrogen functional groups attached to an aromatic ring is 1. The number of anilines is 1. The Bertz CT molecular complexity index is 836. The molecule has 0 amide bonds. The highest BCUT2D eigenvalue weighted by molar-refractivity contribution is 7.18. The third-order valence-electron chi connectivity index (χ3n) is 3.04.